The molecule has 5 heteroatoms. The molecule has 0 fully saturated rings. The van der Waals surface area contributed by atoms with E-state index < -0.39 is 0 Å². The Balaban J connectivity index is 1.57. The van der Waals surface area contributed by atoms with Gasteiger partial charge < -0.3 is 14.8 Å². The van der Waals surface area contributed by atoms with Crippen molar-refractivity contribution in [3.05, 3.63) is 83.4 Å². The van der Waals surface area contributed by atoms with Crippen molar-refractivity contribution in [1.82, 2.24) is 0 Å². The number of halogens is 1. The third kappa shape index (κ3) is 5.76. The number of ether oxygens (including phenoxy) is 2. The lowest BCUT2D eigenvalue weighted by Crippen LogP contribution is -2.15. The lowest BCUT2D eigenvalue weighted by atomic mass is 10.2. The van der Waals surface area contributed by atoms with Crippen molar-refractivity contribution >= 4 is 23.2 Å². The molecule has 28 heavy (non-hydrogen) atoms. The number of aryl methyl sites for hydroxylation is 1. The van der Waals surface area contributed by atoms with Gasteiger partial charge in [-0.25, -0.2) is 0 Å². The Morgan fingerprint density at radius 3 is 2.43 bits per heavy atom. The Morgan fingerprint density at radius 1 is 0.964 bits per heavy atom. The highest BCUT2D eigenvalue weighted by atomic mass is 35.5. The third-order valence-corrected chi connectivity index (χ3v) is 4.35. The summed E-state index contributed by atoms with van der Waals surface area (Å²) in [6, 6.07) is 22.4. The van der Waals surface area contributed by atoms with Gasteiger partial charge in [0.15, 0.2) is 5.75 Å². The molecule has 1 N–H and O–H groups in total. The molecule has 4 nitrogen and oxygen atoms in total. The van der Waals surface area contributed by atoms with Crippen LogP contribution in [0.1, 0.15) is 18.9 Å². The maximum absolute atomic E-state index is 12.3. The van der Waals surface area contributed by atoms with Crippen molar-refractivity contribution in [2.24, 2.45) is 0 Å². The predicted octanol–water partition coefficient (Wildman–Crippen LogP) is 6.10. The molecule has 0 spiro atoms. The van der Waals surface area contributed by atoms with Crippen molar-refractivity contribution in [3.63, 3.8) is 0 Å². The molecule has 0 aliphatic rings. The summed E-state index contributed by atoms with van der Waals surface area (Å²) in [5, 5.41) is 3.36. The van der Waals surface area contributed by atoms with E-state index in [2.05, 4.69) is 12.2 Å². The fourth-order valence-electron chi connectivity index (χ4n) is 2.60. The first-order chi connectivity index (χ1) is 13.6. The zero-order valence-corrected chi connectivity index (χ0v) is 16.4. The van der Waals surface area contributed by atoms with Crippen LogP contribution >= 0.6 is 11.6 Å². The highest BCUT2D eigenvalue weighted by Gasteiger charge is 2.10. The van der Waals surface area contributed by atoms with Gasteiger partial charge in [0, 0.05) is 5.02 Å². The predicted molar refractivity (Wildman–Crippen MR) is 113 cm³/mol. The number of para-hydroxylation sites is 1. The minimum Gasteiger partial charge on any atom is -0.493 e. The van der Waals surface area contributed by atoms with Crippen LogP contribution < -0.4 is 14.8 Å². The molecule has 0 unspecified atom stereocenters. The van der Waals surface area contributed by atoms with Crippen LogP contribution in [0, 0.1) is 0 Å². The Kier molecular flexibility index (Phi) is 6.93. The van der Waals surface area contributed by atoms with Gasteiger partial charge in [-0.05, 0) is 54.4 Å². The molecule has 0 saturated carbocycles. The average Bonchev–Trinajstić information content (AvgIpc) is 2.71. The van der Waals surface area contributed by atoms with E-state index in [1.165, 1.54) is 5.56 Å². The van der Waals surface area contributed by atoms with Crippen LogP contribution in [0.25, 0.3) is 0 Å². The minimum absolute atomic E-state index is 0.176. The zero-order valence-electron chi connectivity index (χ0n) is 15.7. The molecule has 1 amide bonds. The molecule has 3 aromatic carbocycles. The largest absolute Gasteiger partial charge is 0.493 e. The van der Waals surface area contributed by atoms with Crippen LogP contribution in [0.4, 0.5) is 5.69 Å². The first-order valence-corrected chi connectivity index (χ1v) is 9.56. The summed E-state index contributed by atoms with van der Waals surface area (Å²) < 4.78 is 11.5. The highest BCUT2D eigenvalue weighted by molar-refractivity contribution is 6.31. The summed E-state index contributed by atoms with van der Waals surface area (Å²) in [6.45, 7) is 2.39. The van der Waals surface area contributed by atoms with Crippen LogP contribution in [0.5, 0.6) is 17.2 Å². The van der Waals surface area contributed by atoms with Gasteiger partial charge in [0.25, 0.3) is 0 Å². The van der Waals surface area contributed by atoms with Crippen molar-refractivity contribution in [3.8, 4) is 17.2 Å². The SMILES string of the molecule is CCc1ccc(OCCC(=O)Nc2cc(Cl)ccc2Oc2ccccc2)cc1. The highest BCUT2D eigenvalue weighted by Crippen LogP contribution is 2.32. The molecule has 0 bridgehead atoms. The number of benzene rings is 3. The van der Waals surface area contributed by atoms with Crippen LogP contribution in [0.3, 0.4) is 0 Å². The Morgan fingerprint density at radius 2 is 1.71 bits per heavy atom. The van der Waals surface area contributed by atoms with Crippen molar-refractivity contribution < 1.29 is 14.3 Å². The molecule has 3 aromatic rings. The molecule has 0 heterocycles. The number of carbonyl (C=O) groups is 1. The molecule has 0 aromatic heterocycles. The van der Waals surface area contributed by atoms with Gasteiger partial charge in [-0.3, -0.25) is 4.79 Å². The fourth-order valence-corrected chi connectivity index (χ4v) is 2.77. The smallest absolute Gasteiger partial charge is 0.227 e. The summed E-state index contributed by atoms with van der Waals surface area (Å²) in [5.74, 6) is 1.78. The normalized spacial score (nSPS) is 10.4. The van der Waals surface area contributed by atoms with Gasteiger partial charge in [0.05, 0.1) is 18.7 Å². The van der Waals surface area contributed by atoms with Crippen LogP contribution in [0.2, 0.25) is 5.02 Å². The molecule has 144 valence electrons. The first-order valence-electron chi connectivity index (χ1n) is 9.18. The van der Waals surface area contributed by atoms with E-state index >= 15 is 0 Å². The van der Waals surface area contributed by atoms with E-state index in [1.54, 1.807) is 18.2 Å². The van der Waals surface area contributed by atoms with Crippen LogP contribution in [-0.4, -0.2) is 12.5 Å². The maximum Gasteiger partial charge on any atom is 0.227 e. The van der Waals surface area contributed by atoms with Gasteiger partial charge in [0.1, 0.15) is 11.5 Å². The average molecular weight is 396 g/mol. The second-order valence-corrected chi connectivity index (χ2v) is 6.64. The number of hydrogen-bond acceptors (Lipinski definition) is 3. The van der Waals surface area contributed by atoms with Crippen LogP contribution in [0.15, 0.2) is 72.8 Å². The standard InChI is InChI=1S/C23H22ClNO3/c1-2-17-8-11-19(12-9-17)27-15-14-23(26)25-21-16-18(24)10-13-22(21)28-20-6-4-3-5-7-20/h3-13,16H,2,14-15H2,1H3,(H,25,26). The first kappa shape index (κ1) is 19.8. The molecule has 0 atom stereocenters. The van der Waals surface area contributed by atoms with Crippen molar-refractivity contribution in [2.45, 2.75) is 19.8 Å². The van der Waals surface area contributed by atoms with E-state index in [0.717, 1.165) is 12.2 Å². The summed E-state index contributed by atoms with van der Waals surface area (Å²) in [4.78, 5) is 12.3. The third-order valence-electron chi connectivity index (χ3n) is 4.12. The Bertz CT molecular complexity index is 911. The summed E-state index contributed by atoms with van der Waals surface area (Å²) in [5.41, 5.74) is 1.77. The topological polar surface area (TPSA) is 47.6 Å². The molecule has 0 aliphatic carbocycles. The van der Waals surface area contributed by atoms with Crippen molar-refractivity contribution in [2.75, 3.05) is 11.9 Å². The quantitative estimate of drug-likeness (QED) is 0.501. The van der Waals surface area contributed by atoms with Gasteiger partial charge in [-0.15, -0.1) is 0 Å². The fraction of sp³-hybridized carbons (Fsp3) is 0.174. The molecule has 0 radical (unpaired) electrons. The van der Waals surface area contributed by atoms with E-state index in [0.29, 0.717) is 22.2 Å². The second kappa shape index (κ2) is 9.81. The summed E-state index contributed by atoms with van der Waals surface area (Å²) in [6.07, 6.45) is 1.20. The minimum atomic E-state index is -0.176. The molecule has 0 saturated heterocycles. The summed E-state index contributed by atoms with van der Waals surface area (Å²) >= 11 is 6.08. The second-order valence-electron chi connectivity index (χ2n) is 6.20. The number of anilines is 1. The zero-order chi connectivity index (χ0) is 19.8. The number of hydrogen-bond donors (Lipinski definition) is 1. The van der Waals surface area contributed by atoms with E-state index in [-0.39, 0.29) is 18.9 Å². The Hall–Kier alpha value is -2.98. The summed E-state index contributed by atoms with van der Waals surface area (Å²) in [7, 11) is 0. The van der Waals surface area contributed by atoms with E-state index in [9.17, 15) is 4.79 Å². The van der Waals surface area contributed by atoms with Gasteiger partial charge in [-0.2, -0.15) is 0 Å². The lowest BCUT2D eigenvalue weighted by molar-refractivity contribution is -0.116. The van der Waals surface area contributed by atoms with Crippen molar-refractivity contribution in [1.29, 1.82) is 0 Å². The van der Waals surface area contributed by atoms with E-state index in [1.807, 2.05) is 54.6 Å². The Labute approximate surface area is 170 Å². The van der Waals surface area contributed by atoms with Gasteiger partial charge in [-0.1, -0.05) is 48.9 Å². The van der Waals surface area contributed by atoms with Gasteiger partial charge in [0.2, 0.25) is 5.91 Å². The van der Waals surface area contributed by atoms with Gasteiger partial charge >= 0.3 is 0 Å². The number of nitrogens with one attached hydrogen (secondary N) is 1. The monoisotopic (exact) mass is 395 g/mol. The number of amides is 1. The molecular formula is C23H22ClNO3. The number of rotatable bonds is 8. The van der Waals surface area contributed by atoms with E-state index in [4.69, 9.17) is 21.1 Å². The van der Waals surface area contributed by atoms with Crippen LogP contribution in [-0.2, 0) is 11.2 Å². The molecule has 0 aliphatic heterocycles. The number of carbonyl (C=O) groups excluding carboxylic acids is 1. The molecule has 3 rings (SSSR count). The lowest BCUT2D eigenvalue weighted by Gasteiger charge is -2.13. The molecular weight excluding hydrogens is 374 g/mol. The maximum atomic E-state index is 12.3.